The van der Waals surface area contributed by atoms with E-state index in [-0.39, 0.29) is 5.91 Å². The van der Waals surface area contributed by atoms with Crippen molar-refractivity contribution in [2.75, 3.05) is 34.8 Å². The van der Waals surface area contributed by atoms with Crippen LogP contribution in [-0.4, -0.2) is 30.5 Å². The van der Waals surface area contributed by atoms with Gasteiger partial charge in [0.25, 0.3) is 5.91 Å². The lowest BCUT2D eigenvalue weighted by atomic mass is 10.1. The molecule has 0 aromatic heterocycles. The van der Waals surface area contributed by atoms with Gasteiger partial charge in [0.1, 0.15) is 0 Å². The number of nitrogens with one attached hydrogen (secondary N) is 1. The van der Waals surface area contributed by atoms with Gasteiger partial charge in [0, 0.05) is 41.5 Å². The zero-order valence-electron chi connectivity index (χ0n) is 14.7. The molecule has 0 saturated carbocycles. The summed E-state index contributed by atoms with van der Waals surface area (Å²) in [7, 11) is 0. The van der Waals surface area contributed by atoms with Crippen LogP contribution in [0, 0.1) is 0 Å². The summed E-state index contributed by atoms with van der Waals surface area (Å²) in [6.07, 6.45) is 0. The summed E-state index contributed by atoms with van der Waals surface area (Å²) in [4.78, 5) is 14.7. The Morgan fingerprint density at radius 3 is 2.16 bits per heavy atom. The second-order valence-electron chi connectivity index (χ2n) is 5.87. The van der Waals surface area contributed by atoms with Crippen molar-refractivity contribution in [3.63, 3.8) is 0 Å². The molecular weight excluding hydrogens is 348 g/mol. The molecule has 1 fully saturated rings. The Labute approximate surface area is 158 Å². The lowest BCUT2D eigenvalue weighted by molar-refractivity contribution is 0.102. The Morgan fingerprint density at radius 2 is 1.60 bits per heavy atom. The van der Waals surface area contributed by atoms with Gasteiger partial charge < -0.3 is 10.2 Å². The van der Waals surface area contributed by atoms with Crippen LogP contribution in [0.2, 0.25) is 0 Å². The van der Waals surface area contributed by atoms with Crippen molar-refractivity contribution in [3.8, 4) is 0 Å². The molecule has 0 aliphatic carbocycles. The van der Waals surface area contributed by atoms with E-state index in [0.717, 1.165) is 18.8 Å². The van der Waals surface area contributed by atoms with Crippen molar-refractivity contribution < 1.29 is 4.79 Å². The molecule has 0 radical (unpaired) electrons. The second-order valence-corrected chi connectivity index (χ2v) is 8.59. The van der Waals surface area contributed by atoms with E-state index in [1.165, 1.54) is 22.8 Å². The van der Waals surface area contributed by atoms with Gasteiger partial charge in [-0.1, -0.05) is 12.1 Å². The molecule has 0 bridgehead atoms. The van der Waals surface area contributed by atoms with Gasteiger partial charge >= 0.3 is 0 Å². The van der Waals surface area contributed by atoms with Crippen molar-refractivity contribution in [3.05, 3.63) is 59.7 Å². The number of anilines is 2. The van der Waals surface area contributed by atoms with Crippen molar-refractivity contribution in [1.29, 1.82) is 0 Å². The van der Waals surface area contributed by atoms with Crippen LogP contribution in [0.5, 0.6) is 0 Å². The number of amides is 1. The number of thioether (sulfide) groups is 2. The number of hydrogen-bond donors (Lipinski definition) is 1. The van der Waals surface area contributed by atoms with Gasteiger partial charge in [-0.2, -0.15) is 0 Å². The molecule has 132 valence electrons. The molecule has 3 rings (SSSR count). The lowest BCUT2D eigenvalue weighted by Crippen LogP contribution is -2.21. The van der Waals surface area contributed by atoms with Gasteiger partial charge in [-0.3, -0.25) is 4.79 Å². The number of carbonyl (C=O) groups is 1. The predicted molar refractivity (Wildman–Crippen MR) is 112 cm³/mol. The Morgan fingerprint density at radius 1 is 1.00 bits per heavy atom. The molecule has 0 unspecified atom stereocenters. The maximum atomic E-state index is 12.4. The van der Waals surface area contributed by atoms with Crippen molar-refractivity contribution in [1.82, 2.24) is 0 Å². The standard InChI is InChI=1S/C20H24N2OS2/c1-3-22(4-2)18-11-9-17(10-12-18)21-19(23)15-5-7-16(8-6-15)20-24-13-14-25-20/h5-12,20H,3-4,13-14H2,1-2H3,(H,21,23). The van der Waals surface area contributed by atoms with Gasteiger partial charge in [-0.05, 0) is 55.8 Å². The van der Waals surface area contributed by atoms with E-state index < -0.39 is 0 Å². The van der Waals surface area contributed by atoms with E-state index in [9.17, 15) is 4.79 Å². The van der Waals surface area contributed by atoms with E-state index in [4.69, 9.17) is 0 Å². The summed E-state index contributed by atoms with van der Waals surface area (Å²) >= 11 is 3.96. The fourth-order valence-electron chi connectivity index (χ4n) is 2.89. The summed E-state index contributed by atoms with van der Waals surface area (Å²) in [5.41, 5.74) is 4.00. The minimum absolute atomic E-state index is 0.0612. The third kappa shape index (κ3) is 4.53. The summed E-state index contributed by atoms with van der Waals surface area (Å²) in [5, 5.41) is 2.98. The highest BCUT2D eigenvalue weighted by Crippen LogP contribution is 2.45. The molecular formula is C20H24N2OS2. The monoisotopic (exact) mass is 372 g/mol. The van der Waals surface area contributed by atoms with Crippen LogP contribution < -0.4 is 10.2 Å². The van der Waals surface area contributed by atoms with Gasteiger partial charge in [0.2, 0.25) is 0 Å². The van der Waals surface area contributed by atoms with Gasteiger partial charge in [0.15, 0.2) is 0 Å². The molecule has 1 saturated heterocycles. The van der Waals surface area contributed by atoms with Gasteiger partial charge in [0.05, 0.1) is 4.58 Å². The number of benzene rings is 2. The molecule has 5 heteroatoms. The SMILES string of the molecule is CCN(CC)c1ccc(NC(=O)c2ccc(C3SCCS3)cc2)cc1. The minimum atomic E-state index is -0.0612. The summed E-state index contributed by atoms with van der Waals surface area (Å²) in [6.45, 7) is 6.25. The number of hydrogen-bond acceptors (Lipinski definition) is 4. The third-order valence-corrected chi connectivity index (χ3v) is 7.42. The average molecular weight is 373 g/mol. The Bertz CT molecular complexity index is 691. The van der Waals surface area contributed by atoms with Crippen LogP contribution in [0.3, 0.4) is 0 Å². The first-order chi connectivity index (χ1) is 12.2. The largest absolute Gasteiger partial charge is 0.372 e. The number of nitrogens with zero attached hydrogens (tertiary/aromatic N) is 1. The first-order valence-electron chi connectivity index (χ1n) is 8.70. The highest BCUT2D eigenvalue weighted by Gasteiger charge is 2.18. The van der Waals surface area contributed by atoms with Crippen LogP contribution in [0.25, 0.3) is 0 Å². The zero-order valence-corrected chi connectivity index (χ0v) is 16.3. The van der Waals surface area contributed by atoms with Crippen LogP contribution in [-0.2, 0) is 0 Å². The summed E-state index contributed by atoms with van der Waals surface area (Å²) in [5.74, 6) is 2.36. The first kappa shape index (κ1) is 18.2. The topological polar surface area (TPSA) is 32.3 Å². The van der Waals surface area contributed by atoms with Crippen molar-refractivity contribution >= 4 is 40.8 Å². The van der Waals surface area contributed by atoms with Gasteiger partial charge in [-0.25, -0.2) is 0 Å². The fraction of sp³-hybridized carbons (Fsp3) is 0.350. The average Bonchev–Trinajstić information content (AvgIpc) is 3.19. The molecule has 1 N–H and O–H groups in total. The molecule has 1 aliphatic rings. The van der Waals surface area contributed by atoms with E-state index >= 15 is 0 Å². The molecule has 0 atom stereocenters. The summed E-state index contributed by atoms with van der Waals surface area (Å²) < 4.78 is 0.518. The molecule has 3 nitrogen and oxygen atoms in total. The van der Waals surface area contributed by atoms with Gasteiger partial charge in [-0.15, -0.1) is 23.5 Å². The van der Waals surface area contributed by atoms with Crippen molar-refractivity contribution in [2.45, 2.75) is 18.4 Å². The zero-order chi connectivity index (χ0) is 17.6. The smallest absolute Gasteiger partial charge is 0.255 e. The van der Waals surface area contributed by atoms with Crippen LogP contribution in [0.4, 0.5) is 11.4 Å². The van der Waals surface area contributed by atoms with Crippen LogP contribution in [0.1, 0.15) is 34.4 Å². The predicted octanol–water partition coefficient (Wildman–Crippen LogP) is 5.26. The normalized spacial score (nSPS) is 14.5. The molecule has 1 heterocycles. The highest BCUT2D eigenvalue weighted by atomic mass is 32.2. The van der Waals surface area contributed by atoms with E-state index in [1.807, 2.05) is 47.8 Å². The summed E-state index contributed by atoms with van der Waals surface area (Å²) in [6, 6.07) is 16.0. The van der Waals surface area contributed by atoms with Crippen molar-refractivity contribution in [2.24, 2.45) is 0 Å². The second kappa shape index (κ2) is 8.68. The molecule has 1 amide bonds. The van der Waals surface area contributed by atoms with E-state index in [0.29, 0.717) is 10.1 Å². The number of rotatable bonds is 6. The highest BCUT2D eigenvalue weighted by molar-refractivity contribution is 8.19. The van der Waals surface area contributed by atoms with E-state index in [2.05, 4.69) is 48.3 Å². The quantitative estimate of drug-likeness (QED) is 0.749. The fourth-order valence-corrected chi connectivity index (χ4v) is 5.75. The molecule has 2 aromatic rings. The Hall–Kier alpha value is -1.59. The first-order valence-corrected chi connectivity index (χ1v) is 10.8. The molecule has 25 heavy (non-hydrogen) atoms. The van der Waals surface area contributed by atoms with E-state index in [1.54, 1.807) is 0 Å². The third-order valence-electron chi connectivity index (χ3n) is 4.32. The lowest BCUT2D eigenvalue weighted by Gasteiger charge is -2.21. The Balaban J connectivity index is 1.63. The molecule has 2 aromatic carbocycles. The maximum absolute atomic E-state index is 12.4. The van der Waals surface area contributed by atoms with Crippen LogP contribution >= 0.6 is 23.5 Å². The number of carbonyl (C=O) groups excluding carboxylic acids is 1. The minimum Gasteiger partial charge on any atom is -0.372 e. The maximum Gasteiger partial charge on any atom is 0.255 e. The molecule has 1 aliphatic heterocycles. The molecule has 0 spiro atoms. The van der Waals surface area contributed by atoms with Crippen LogP contribution in [0.15, 0.2) is 48.5 Å². The Kier molecular flexibility index (Phi) is 6.32.